The fraction of sp³-hybridized carbons (Fsp3) is 0.372. The van der Waals surface area contributed by atoms with Gasteiger partial charge in [0.25, 0.3) is 5.91 Å². The van der Waals surface area contributed by atoms with Crippen LogP contribution in [0, 0.1) is 25.2 Å². The van der Waals surface area contributed by atoms with E-state index in [0.29, 0.717) is 63.4 Å². The van der Waals surface area contributed by atoms with Crippen LogP contribution in [0.15, 0.2) is 58.3 Å². The van der Waals surface area contributed by atoms with Crippen molar-refractivity contribution >= 4 is 40.6 Å². The number of hydrogen-bond donors (Lipinski definition) is 2. The molecule has 7 atom stereocenters. The number of thioether (sulfide) groups is 1. The van der Waals surface area contributed by atoms with Gasteiger partial charge in [0.15, 0.2) is 23.0 Å². The summed E-state index contributed by atoms with van der Waals surface area (Å²) in [4.78, 5) is 58.1. The van der Waals surface area contributed by atoms with Crippen molar-refractivity contribution in [3.63, 3.8) is 0 Å². The Labute approximate surface area is 342 Å². The molecule has 0 radical (unpaired) electrons. The highest BCUT2D eigenvalue weighted by Crippen LogP contribution is 2.64. The summed E-state index contributed by atoms with van der Waals surface area (Å²) in [5.41, 5.74) is 3.03. The number of rotatable bonds is 6. The number of fused-ring (bicyclic) bond motifs is 11. The summed E-state index contributed by atoms with van der Waals surface area (Å²) in [5, 5.41) is 25.8. The molecule has 59 heavy (non-hydrogen) atoms. The number of para-hydroxylation sites is 1. The molecule has 304 valence electrons. The van der Waals surface area contributed by atoms with E-state index in [1.807, 2.05) is 13.0 Å². The van der Waals surface area contributed by atoms with Gasteiger partial charge in [-0.05, 0) is 43.5 Å². The lowest BCUT2D eigenvalue weighted by atomic mass is 9.71. The van der Waals surface area contributed by atoms with E-state index in [-0.39, 0.29) is 36.2 Å². The van der Waals surface area contributed by atoms with Crippen LogP contribution in [0.5, 0.6) is 28.7 Å². The molecule has 2 saturated heterocycles. The Hall–Kier alpha value is -6.02. The number of nitrogens with zero attached hydrogens (tertiary/aromatic N) is 3. The van der Waals surface area contributed by atoms with Crippen LogP contribution in [0.2, 0.25) is 0 Å². The van der Waals surface area contributed by atoms with Crippen molar-refractivity contribution in [1.29, 1.82) is 5.26 Å². The van der Waals surface area contributed by atoms with Gasteiger partial charge in [0.05, 0.1) is 30.5 Å². The van der Waals surface area contributed by atoms with Crippen LogP contribution in [0.4, 0.5) is 0 Å². The summed E-state index contributed by atoms with van der Waals surface area (Å²) < 4.78 is 35.5. The quantitative estimate of drug-likeness (QED) is 0.118. The summed E-state index contributed by atoms with van der Waals surface area (Å²) in [6, 6.07) is 8.22. The molecule has 6 aliphatic rings. The van der Waals surface area contributed by atoms with Crippen molar-refractivity contribution in [1.82, 2.24) is 15.1 Å². The number of methoxy groups -OCH3 is 1. The summed E-state index contributed by atoms with van der Waals surface area (Å²) >= 11 is 1.29. The molecule has 15 nitrogen and oxygen atoms in total. The second-order valence-corrected chi connectivity index (χ2v) is 16.4. The molecule has 2 N–H and O–H groups in total. The number of phenols is 1. The zero-order valence-corrected chi connectivity index (χ0v) is 33.4. The number of amides is 1. The maximum absolute atomic E-state index is 14.1. The van der Waals surface area contributed by atoms with Crippen LogP contribution in [0.3, 0.4) is 0 Å². The predicted molar refractivity (Wildman–Crippen MR) is 213 cm³/mol. The van der Waals surface area contributed by atoms with Crippen molar-refractivity contribution in [2.45, 2.75) is 68.7 Å². The number of aryl methyl sites for hydroxylation is 1. The summed E-state index contributed by atoms with van der Waals surface area (Å²) in [6.45, 7) is 8.93. The molecule has 7 heterocycles. The zero-order chi connectivity index (χ0) is 41.4. The van der Waals surface area contributed by atoms with Crippen molar-refractivity contribution in [3.8, 4) is 34.8 Å². The third-order valence-electron chi connectivity index (χ3n) is 12.0. The van der Waals surface area contributed by atoms with E-state index in [9.17, 15) is 29.5 Å². The van der Waals surface area contributed by atoms with Crippen molar-refractivity contribution in [2.24, 2.45) is 0 Å². The van der Waals surface area contributed by atoms with E-state index in [0.717, 1.165) is 11.1 Å². The molecule has 16 heteroatoms. The van der Waals surface area contributed by atoms with Gasteiger partial charge in [-0.2, -0.15) is 5.26 Å². The Balaban J connectivity index is 1.25. The van der Waals surface area contributed by atoms with E-state index in [1.165, 1.54) is 31.9 Å². The fourth-order valence-corrected chi connectivity index (χ4v) is 11.3. The maximum atomic E-state index is 14.1. The Morgan fingerprint density at radius 3 is 2.63 bits per heavy atom. The van der Waals surface area contributed by atoms with Crippen molar-refractivity contribution in [2.75, 3.05) is 32.8 Å². The summed E-state index contributed by atoms with van der Waals surface area (Å²) in [7, 11) is 1.50. The number of esters is 2. The molecule has 1 amide bonds. The third-order valence-corrected chi connectivity index (χ3v) is 13.4. The highest BCUT2D eigenvalue weighted by atomic mass is 32.2. The van der Waals surface area contributed by atoms with Crippen LogP contribution < -0.4 is 29.9 Å². The van der Waals surface area contributed by atoms with Crippen LogP contribution in [0.1, 0.15) is 68.0 Å². The average molecular weight is 821 g/mol. The number of carbonyl (C=O) groups excluding carboxylic acids is 3. The lowest BCUT2D eigenvalue weighted by Crippen LogP contribution is -2.70. The normalized spacial score (nSPS) is 25.5. The topological polar surface area (TPSA) is 190 Å². The number of ether oxygens (including phenoxy) is 5. The van der Waals surface area contributed by atoms with E-state index in [1.54, 1.807) is 37.3 Å². The highest BCUT2D eigenvalue weighted by molar-refractivity contribution is 7.99. The second kappa shape index (κ2) is 14.7. The summed E-state index contributed by atoms with van der Waals surface area (Å²) in [6.07, 6.45) is 2.18. The highest BCUT2D eigenvalue weighted by Gasteiger charge is 2.61. The molecule has 0 aliphatic carbocycles. The van der Waals surface area contributed by atoms with Gasteiger partial charge < -0.3 is 38.5 Å². The number of aromatic hydroxyl groups is 1. The molecule has 2 fully saturated rings. The minimum atomic E-state index is -1.26. The molecule has 4 aromatic rings. The molecule has 6 aliphatic heterocycles. The lowest BCUT2D eigenvalue weighted by Gasteiger charge is -2.62. The predicted octanol–water partition coefficient (Wildman–Crippen LogP) is 4.69. The minimum Gasteiger partial charge on any atom is -0.504 e. The first-order chi connectivity index (χ1) is 28.5. The number of carbonyl (C=O) groups is 3. The molecule has 3 aromatic carbocycles. The Kier molecular flexibility index (Phi) is 9.57. The molecule has 1 aromatic heterocycles. The SMILES string of the molecule is C=CCN1[C@@H]2c3c(cc(C)c(OC)c3O)C[C@@H]1[C@H](C#N)N1C2[C@@H]2SCC(NC(=O)c3cc4ccccc4oc3=O)C(=O)OC[C@@H]1c1c3c(c(C)c(OC(C)=O)c12)OCO3. The molecule has 0 saturated carbocycles. The lowest BCUT2D eigenvalue weighted by molar-refractivity contribution is -0.151. The Bertz CT molecular complexity index is 2590. The first kappa shape index (κ1) is 38.5. The van der Waals surface area contributed by atoms with Gasteiger partial charge in [0, 0.05) is 58.9 Å². The van der Waals surface area contributed by atoms with E-state index in [2.05, 4.69) is 27.8 Å². The average Bonchev–Trinajstić information content (AvgIpc) is 3.70. The second-order valence-electron chi connectivity index (χ2n) is 15.2. The van der Waals surface area contributed by atoms with Gasteiger partial charge in [-0.15, -0.1) is 18.3 Å². The monoisotopic (exact) mass is 820 g/mol. The molecule has 2 unspecified atom stereocenters. The van der Waals surface area contributed by atoms with Gasteiger partial charge in [0.2, 0.25) is 6.79 Å². The zero-order valence-electron chi connectivity index (χ0n) is 32.6. The van der Waals surface area contributed by atoms with Gasteiger partial charge in [0.1, 0.15) is 35.6 Å². The first-order valence-electron chi connectivity index (χ1n) is 19.2. The van der Waals surface area contributed by atoms with E-state index in [4.69, 9.17) is 28.1 Å². The van der Waals surface area contributed by atoms with Crippen molar-refractivity contribution in [3.05, 3.63) is 98.4 Å². The molecular weight excluding hydrogens is 781 g/mol. The molecule has 10 rings (SSSR count). The Morgan fingerprint density at radius 1 is 1.10 bits per heavy atom. The standard InChI is InChI=1S/C43H40N4O11S/c1-6-11-46-26-14-23-12-19(2)36(53-5)35(49)30(23)33(46)34-40-32-31(39-38(55-18-56-39)20(3)37(32)57-21(4)48)28(47(34)27(26)15-44)16-54-43(52)25(17-59-40)45-41(50)24-13-22-9-7-8-10-29(22)58-42(24)51/h6-10,12-13,25-28,33-34,40,49H,1,11,14,16-18H2,2-5H3,(H,45,50)/t25?,26-,27+,28-,33-,34?,40-/m1/s1. The van der Waals surface area contributed by atoms with E-state index >= 15 is 0 Å². The Morgan fingerprint density at radius 2 is 1.88 bits per heavy atom. The largest absolute Gasteiger partial charge is 0.504 e. The van der Waals surface area contributed by atoms with Gasteiger partial charge in [-0.25, -0.2) is 9.59 Å². The molecular formula is C43H40N4O11S. The fourth-order valence-electron chi connectivity index (χ4n) is 9.77. The number of nitrogens with one attached hydrogen (secondary N) is 1. The number of piperazine rings is 1. The molecule has 4 bridgehead atoms. The van der Waals surface area contributed by atoms with Crippen LogP contribution >= 0.6 is 11.8 Å². The minimum absolute atomic E-state index is 0.0265. The number of benzene rings is 3. The molecule has 0 spiro atoms. The maximum Gasteiger partial charge on any atom is 0.349 e. The van der Waals surface area contributed by atoms with Gasteiger partial charge >= 0.3 is 17.6 Å². The van der Waals surface area contributed by atoms with Crippen LogP contribution in [-0.2, 0) is 20.7 Å². The van der Waals surface area contributed by atoms with Gasteiger partial charge in [-0.3, -0.25) is 19.4 Å². The first-order valence-corrected chi connectivity index (χ1v) is 20.2. The number of hydrogen-bond acceptors (Lipinski definition) is 15. The number of nitriles is 1. The van der Waals surface area contributed by atoms with Crippen molar-refractivity contribution < 1.29 is 47.6 Å². The summed E-state index contributed by atoms with van der Waals surface area (Å²) in [5.74, 6) is -0.948. The van der Waals surface area contributed by atoms with Gasteiger partial charge in [-0.1, -0.05) is 30.3 Å². The van der Waals surface area contributed by atoms with Crippen LogP contribution in [-0.4, -0.2) is 89.7 Å². The smallest absolute Gasteiger partial charge is 0.349 e. The van der Waals surface area contributed by atoms with Crippen LogP contribution in [0.25, 0.3) is 11.0 Å². The van der Waals surface area contributed by atoms with E-state index < -0.39 is 65.0 Å². The third kappa shape index (κ3) is 5.93. The number of phenolic OH excluding ortho intramolecular Hbond substituents is 1.